The van der Waals surface area contributed by atoms with Crippen molar-refractivity contribution in [1.82, 2.24) is 0 Å². The van der Waals surface area contributed by atoms with Crippen LogP contribution < -0.4 is 0 Å². The van der Waals surface area contributed by atoms with E-state index >= 15 is 0 Å². The lowest BCUT2D eigenvalue weighted by Crippen LogP contribution is -2.07. The normalized spacial score (nSPS) is 16.4. The molecular formula is C20H32. The fraction of sp³-hybridized carbons (Fsp3) is 0.700. The van der Waals surface area contributed by atoms with Gasteiger partial charge in [-0.05, 0) is 42.7 Å². The minimum absolute atomic E-state index is 1.01. The zero-order chi connectivity index (χ0) is 14.0. The Morgan fingerprint density at radius 3 is 2.10 bits per heavy atom. The van der Waals surface area contributed by atoms with Gasteiger partial charge in [0.1, 0.15) is 0 Å². The summed E-state index contributed by atoms with van der Waals surface area (Å²) in [6.45, 7) is 2.28. The molecular weight excluding hydrogens is 240 g/mol. The summed E-state index contributed by atoms with van der Waals surface area (Å²) in [4.78, 5) is 0. The molecule has 0 unspecified atom stereocenters. The molecule has 0 nitrogen and oxygen atoms in total. The summed E-state index contributed by atoms with van der Waals surface area (Å²) in [5, 5.41) is 0. The van der Waals surface area contributed by atoms with E-state index in [9.17, 15) is 0 Å². The second-order valence-corrected chi connectivity index (χ2v) is 6.67. The lowest BCUT2D eigenvalue weighted by molar-refractivity contribution is 0.339. The number of rotatable bonds is 8. The summed E-state index contributed by atoms with van der Waals surface area (Å²) in [6, 6.07) is 9.47. The third kappa shape index (κ3) is 5.69. The van der Waals surface area contributed by atoms with Gasteiger partial charge in [0.05, 0.1) is 0 Å². The van der Waals surface area contributed by atoms with Crippen molar-refractivity contribution in [3.63, 3.8) is 0 Å². The topological polar surface area (TPSA) is 0 Å². The minimum atomic E-state index is 1.01. The van der Waals surface area contributed by atoms with Crippen molar-refractivity contribution in [2.75, 3.05) is 0 Å². The van der Waals surface area contributed by atoms with Crippen molar-refractivity contribution in [2.45, 2.75) is 84.0 Å². The van der Waals surface area contributed by atoms with Gasteiger partial charge in [0.25, 0.3) is 0 Å². The Labute approximate surface area is 126 Å². The maximum atomic E-state index is 2.37. The third-order valence-electron chi connectivity index (χ3n) is 4.91. The molecule has 1 aliphatic carbocycles. The van der Waals surface area contributed by atoms with Crippen LogP contribution in [-0.2, 0) is 12.8 Å². The Hall–Kier alpha value is -0.780. The number of aryl methyl sites for hydroxylation is 2. The monoisotopic (exact) mass is 272 g/mol. The van der Waals surface area contributed by atoms with Gasteiger partial charge in [-0.15, -0.1) is 0 Å². The molecule has 1 fully saturated rings. The molecule has 2 rings (SSSR count). The van der Waals surface area contributed by atoms with Gasteiger partial charge in [-0.3, -0.25) is 0 Å². The molecule has 0 bridgehead atoms. The SMILES string of the molecule is CCCCCCc1ccc(CCC2CCCCC2)cc1. The smallest absolute Gasteiger partial charge is 0.0276 e. The van der Waals surface area contributed by atoms with E-state index in [-0.39, 0.29) is 0 Å². The van der Waals surface area contributed by atoms with Crippen molar-refractivity contribution in [2.24, 2.45) is 5.92 Å². The van der Waals surface area contributed by atoms with Gasteiger partial charge < -0.3 is 0 Å². The Morgan fingerprint density at radius 1 is 0.800 bits per heavy atom. The van der Waals surface area contributed by atoms with Gasteiger partial charge >= 0.3 is 0 Å². The predicted octanol–water partition coefficient (Wildman–Crippen LogP) is 6.32. The van der Waals surface area contributed by atoms with Gasteiger partial charge in [0, 0.05) is 0 Å². The molecule has 1 aliphatic rings. The molecule has 0 saturated heterocycles. The summed E-state index contributed by atoms with van der Waals surface area (Å²) < 4.78 is 0. The van der Waals surface area contributed by atoms with Crippen LogP contribution in [0, 0.1) is 5.92 Å². The lowest BCUT2D eigenvalue weighted by Gasteiger charge is -2.21. The van der Waals surface area contributed by atoms with Crippen LogP contribution in [0.1, 0.15) is 82.3 Å². The fourth-order valence-electron chi connectivity index (χ4n) is 3.48. The lowest BCUT2D eigenvalue weighted by atomic mass is 9.85. The number of unbranched alkanes of at least 4 members (excludes halogenated alkanes) is 3. The van der Waals surface area contributed by atoms with Crippen LogP contribution in [0.5, 0.6) is 0 Å². The average molecular weight is 272 g/mol. The van der Waals surface area contributed by atoms with E-state index in [0.29, 0.717) is 0 Å². The van der Waals surface area contributed by atoms with Crippen LogP contribution in [0.4, 0.5) is 0 Å². The molecule has 0 N–H and O–H groups in total. The zero-order valence-corrected chi connectivity index (χ0v) is 13.4. The van der Waals surface area contributed by atoms with Crippen LogP contribution in [-0.4, -0.2) is 0 Å². The number of benzene rings is 1. The highest BCUT2D eigenvalue weighted by Gasteiger charge is 2.12. The maximum absolute atomic E-state index is 2.37. The van der Waals surface area contributed by atoms with Crippen LogP contribution in [0.2, 0.25) is 0 Å². The minimum Gasteiger partial charge on any atom is -0.0654 e. The van der Waals surface area contributed by atoms with E-state index in [2.05, 4.69) is 31.2 Å². The van der Waals surface area contributed by atoms with Crippen molar-refractivity contribution in [3.8, 4) is 0 Å². The summed E-state index contributed by atoms with van der Waals surface area (Å²) in [6.07, 6.45) is 16.8. The number of hydrogen-bond acceptors (Lipinski definition) is 0. The van der Waals surface area contributed by atoms with E-state index in [1.165, 1.54) is 82.6 Å². The Balaban J connectivity index is 1.68. The van der Waals surface area contributed by atoms with E-state index in [1.54, 1.807) is 5.56 Å². The third-order valence-corrected chi connectivity index (χ3v) is 4.91. The predicted molar refractivity (Wildman–Crippen MR) is 89.2 cm³/mol. The van der Waals surface area contributed by atoms with Crippen LogP contribution >= 0.6 is 0 Å². The molecule has 0 aliphatic heterocycles. The molecule has 0 heterocycles. The molecule has 1 saturated carbocycles. The van der Waals surface area contributed by atoms with Gasteiger partial charge in [0.2, 0.25) is 0 Å². The van der Waals surface area contributed by atoms with Gasteiger partial charge in [0.15, 0.2) is 0 Å². The standard InChI is InChI=1S/C20H32/c1-2-3-4-6-11-19-13-16-20(17-14-19)15-12-18-9-7-5-8-10-18/h13-14,16-18H,2-12,15H2,1H3. The van der Waals surface area contributed by atoms with E-state index in [1.807, 2.05) is 0 Å². The Kier molecular flexibility index (Phi) is 7.19. The molecule has 0 heteroatoms. The first kappa shape index (κ1) is 15.6. The highest BCUT2D eigenvalue weighted by Crippen LogP contribution is 2.27. The molecule has 0 atom stereocenters. The molecule has 112 valence electrons. The molecule has 1 aromatic carbocycles. The van der Waals surface area contributed by atoms with Gasteiger partial charge in [-0.25, -0.2) is 0 Å². The van der Waals surface area contributed by atoms with E-state index in [4.69, 9.17) is 0 Å². The zero-order valence-electron chi connectivity index (χ0n) is 13.4. The van der Waals surface area contributed by atoms with Gasteiger partial charge in [-0.2, -0.15) is 0 Å². The second kappa shape index (κ2) is 9.21. The van der Waals surface area contributed by atoms with Crippen molar-refractivity contribution < 1.29 is 0 Å². The molecule has 1 aromatic rings. The molecule has 0 spiro atoms. The number of hydrogen-bond donors (Lipinski definition) is 0. The quantitative estimate of drug-likeness (QED) is 0.486. The van der Waals surface area contributed by atoms with E-state index in [0.717, 1.165) is 5.92 Å². The second-order valence-electron chi connectivity index (χ2n) is 6.67. The van der Waals surface area contributed by atoms with Crippen molar-refractivity contribution >= 4 is 0 Å². The Morgan fingerprint density at radius 2 is 1.45 bits per heavy atom. The fourth-order valence-corrected chi connectivity index (χ4v) is 3.48. The first-order valence-electron chi connectivity index (χ1n) is 8.96. The first-order valence-corrected chi connectivity index (χ1v) is 8.96. The largest absolute Gasteiger partial charge is 0.0654 e. The Bertz CT molecular complexity index is 343. The van der Waals surface area contributed by atoms with Crippen LogP contribution in [0.25, 0.3) is 0 Å². The van der Waals surface area contributed by atoms with Crippen molar-refractivity contribution in [1.29, 1.82) is 0 Å². The highest BCUT2D eigenvalue weighted by molar-refractivity contribution is 5.22. The summed E-state index contributed by atoms with van der Waals surface area (Å²) in [7, 11) is 0. The van der Waals surface area contributed by atoms with Crippen LogP contribution in [0.3, 0.4) is 0 Å². The highest BCUT2D eigenvalue weighted by atomic mass is 14.2. The van der Waals surface area contributed by atoms with Crippen LogP contribution in [0.15, 0.2) is 24.3 Å². The molecule has 0 aromatic heterocycles. The molecule has 20 heavy (non-hydrogen) atoms. The molecule has 0 amide bonds. The van der Waals surface area contributed by atoms with Crippen molar-refractivity contribution in [3.05, 3.63) is 35.4 Å². The van der Waals surface area contributed by atoms with E-state index < -0.39 is 0 Å². The van der Waals surface area contributed by atoms with Gasteiger partial charge in [-0.1, -0.05) is 82.6 Å². The summed E-state index contributed by atoms with van der Waals surface area (Å²) >= 11 is 0. The summed E-state index contributed by atoms with van der Waals surface area (Å²) in [5.74, 6) is 1.01. The molecule has 0 radical (unpaired) electrons. The maximum Gasteiger partial charge on any atom is -0.0276 e. The summed E-state index contributed by atoms with van der Waals surface area (Å²) in [5.41, 5.74) is 3.08. The average Bonchev–Trinajstić information content (AvgIpc) is 2.52. The first-order chi connectivity index (χ1) is 9.88.